The molecule has 2 saturated heterocycles. The zero-order valence-corrected chi connectivity index (χ0v) is 40.9. The molecule has 0 radical (unpaired) electrons. The van der Waals surface area contributed by atoms with E-state index in [1.54, 1.807) is 31.3 Å². The van der Waals surface area contributed by atoms with Gasteiger partial charge in [0.25, 0.3) is 20.0 Å². The first kappa shape index (κ1) is 50.7. The van der Waals surface area contributed by atoms with E-state index >= 15 is 0 Å². The molecule has 316 valence electrons. The van der Waals surface area contributed by atoms with Crippen molar-refractivity contribution in [2.45, 2.75) is 99.3 Å². The normalized spacial score (nSPS) is 17.6. The van der Waals surface area contributed by atoms with Gasteiger partial charge in [0.2, 0.25) is 0 Å². The molecule has 2 N–H and O–H groups in total. The predicted octanol–water partition coefficient (Wildman–Crippen LogP) is 10.2. The van der Waals surface area contributed by atoms with E-state index < -0.39 is 34.1 Å². The van der Waals surface area contributed by atoms with Gasteiger partial charge in [-0.15, -0.1) is 23.2 Å². The van der Waals surface area contributed by atoms with Gasteiger partial charge in [0.05, 0.1) is 37.9 Å². The minimum Gasteiger partial charge on any atom is -0.405 e. The predicted molar refractivity (Wildman–Crippen MR) is 241 cm³/mol. The van der Waals surface area contributed by atoms with Crippen LogP contribution in [0.1, 0.15) is 62.3 Å². The number of nitrogens with zero attached hydrogens (tertiary/aromatic N) is 3. The summed E-state index contributed by atoms with van der Waals surface area (Å²) in [5.41, 5.74) is 4.17. The van der Waals surface area contributed by atoms with Gasteiger partial charge in [0.15, 0.2) is 10.3 Å². The molecule has 2 aliphatic heterocycles. The number of rotatable bonds is 6. The quantitative estimate of drug-likeness (QED) is 0.111. The Labute approximate surface area is 379 Å². The number of hydrogen-bond acceptors (Lipinski definition) is 11. The fraction of sp³-hybridized carbons (Fsp3) is 0.389. The van der Waals surface area contributed by atoms with E-state index in [2.05, 4.69) is 41.8 Å². The van der Waals surface area contributed by atoms with Gasteiger partial charge in [-0.2, -0.15) is 3.71 Å². The molecule has 22 heteroatoms. The molecule has 0 amide bonds. The molecule has 0 bridgehead atoms. The largest absolute Gasteiger partial charge is 0.488 e. The van der Waals surface area contributed by atoms with E-state index in [1.807, 2.05) is 55.4 Å². The fourth-order valence-electron chi connectivity index (χ4n) is 4.74. The van der Waals surface area contributed by atoms with Crippen molar-refractivity contribution in [3.63, 3.8) is 0 Å². The second-order valence-electron chi connectivity index (χ2n) is 14.6. The standard InChI is InChI=1S/C17H12BrClN2O4S2.C12H24B2O4.C5H4BrClN2.C2H4Cl2/c18-13-11-16(17(19)20-12-13)21(26(22,23)14-7-3-1-4-8-14)27(24,25)15-9-5-2-6-10-15;1-9(2)10(3,4)16-13(15-9)14-17-11(5,6)12(7,8)18-14;6-3-1-4(8)5(7)9-2-3;1-2(3)4/h1-12H;1-8H3;1-2H,8H2;2H,1H3. The van der Waals surface area contributed by atoms with Gasteiger partial charge >= 0.3 is 14.0 Å². The van der Waals surface area contributed by atoms with Crippen molar-refractivity contribution >= 4 is 124 Å². The Morgan fingerprint density at radius 1 is 0.638 bits per heavy atom. The van der Waals surface area contributed by atoms with Gasteiger partial charge in [-0.3, -0.25) is 0 Å². The molecular weight excluding hydrogens is 1000 g/mol. The number of nitrogens with two attached hydrogens (primary N) is 1. The van der Waals surface area contributed by atoms with Crippen LogP contribution in [0.4, 0.5) is 11.4 Å². The summed E-state index contributed by atoms with van der Waals surface area (Å²) in [7, 11) is -9.95. The molecule has 0 aliphatic carbocycles. The van der Waals surface area contributed by atoms with Crippen LogP contribution < -0.4 is 9.44 Å². The van der Waals surface area contributed by atoms with Gasteiger partial charge in [0, 0.05) is 21.3 Å². The summed E-state index contributed by atoms with van der Waals surface area (Å²) in [6.07, 6.45) is 2.94. The SMILES string of the molecule is CC(Cl)Cl.CC1(C)OB(B2OC(C)(C)C(C)(C)O2)OC1(C)C.Nc1cc(Br)cnc1Cl.O=S(=O)(c1ccccc1)N(c1cc(Br)cnc1Cl)S(=O)(=O)c1ccccc1. The van der Waals surface area contributed by atoms with E-state index in [1.165, 1.54) is 60.8 Å². The van der Waals surface area contributed by atoms with Gasteiger partial charge in [-0.05, 0) is 131 Å². The molecule has 0 spiro atoms. The molecule has 2 fully saturated rings. The van der Waals surface area contributed by atoms with Crippen LogP contribution in [-0.2, 0) is 38.7 Å². The third-order valence-electron chi connectivity index (χ3n) is 9.10. The monoisotopic (exact) mass is 1040 g/mol. The minimum absolute atomic E-state index is 0.194. The Kier molecular flexibility index (Phi) is 17.5. The summed E-state index contributed by atoms with van der Waals surface area (Å²) in [6.45, 7) is 17.9. The number of halogens is 6. The van der Waals surface area contributed by atoms with Crippen molar-refractivity contribution in [3.8, 4) is 0 Å². The summed E-state index contributed by atoms with van der Waals surface area (Å²) in [4.78, 5) is 7.02. The summed E-state index contributed by atoms with van der Waals surface area (Å²) in [6, 6.07) is 17.5. The molecule has 4 aromatic rings. The lowest BCUT2D eigenvalue weighted by molar-refractivity contribution is 0.00578. The Hall–Kier alpha value is -1.67. The maximum Gasteiger partial charge on any atom is 0.488 e. The molecule has 12 nitrogen and oxygen atoms in total. The van der Waals surface area contributed by atoms with Crippen molar-refractivity contribution in [1.29, 1.82) is 0 Å². The van der Waals surface area contributed by atoms with E-state index in [9.17, 15) is 16.8 Å². The number of pyridine rings is 2. The first-order valence-corrected chi connectivity index (χ1v) is 23.4. The lowest BCUT2D eigenvalue weighted by atomic mass is 9.49. The van der Waals surface area contributed by atoms with Crippen LogP contribution in [-0.4, -0.2) is 68.1 Å². The highest BCUT2D eigenvalue weighted by Crippen LogP contribution is 2.43. The van der Waals surface area contributed by atoms with Gasteiger partial charge in [-0.1, -0.05) is 59.6 Å². The van der Waals surface area contributed by atoms with Crippen molar-refractivity contribution < 1.29 is 35.5 Å². The zero-order chi connectivity index (χ0) is 44.1. The van der Waals surface area contributed by atoms with Crippen molar-refractivity contribution in [1.82, 2.24) is 9.97 Å². The Balaban J connectivity index is 0.000000247. The number of anilines is 2. The number of nitrogen functional groups attached to an aromatic ring is 1. The van der Waals surface area contributed by atoms with E-state index in [0.717, 1.165) is 4.47 Å². The Bertz CT molecular complexity index is 2100. The molecule has 2 aromatic heterocycles. The second kappa shape index (κ2) is 20.0. The van der Waals surface area contributed by atoms with Gasteiger partial charge < -0.3 is 24.4 Å². The maximum atomic E-state index is 13.3. The zero-order valence-electron chi connectivity index (χ0n) is 33.1. The van der Waals surface area contributed by atoms with Gasteiger partial charge in [0.1, 0.15) is 10.5 Å². The van der Waals surface area contributed by atoms with Crippen LogP contribution >= 0.6 is 78.3 Å². The van der Waals surface area contributed by atoms with Gasteiger partial charge in [-0.25, -0.2) is 26.8 Å². The van der Waals surface area contributed by atoms with Crippen LogP contribution in [0.2, 0.25) is 10.3 Å². The fourth-order valence-corrected chi connectivity index (χ4v) is 9.53. The lowest BCUT2D eigenvalue weighted by Crippen LogP contribution is -2.41. The molecule has 4 heterocycles. The van der Waals surface area contributed by atoms with E-state index in [4.69, 9.17) is 70.8 Å². The summed E-state index contributed by atoms with van der Waals surface area (Å²) in [5, 5.41) is 0.0791. The first-order chi connectivity index (χ1) is 26.6. The smallest absolute Gasteiger partial charge is 0.405 e. The van der Waals surface area contributed by atoms with E-state index in [0.29, 0.717) is 19.0 Å². The highest BCUT2D eigenvalue weighted by Gasteiger charge is 2.63. The summed E-state index contributed by atoms with van der Waals surface area (Å²) >= 11 is 28.0. The number of aromatic nitrogens is 2. The first-order valence-electron chi connectivity index (χ1n) is 17.3. The van der Waals surface area contributed by atoms with Crippen LogP contribution in [0.25, 0.3) is 0 Å². The summed E-state index contributed by atoms with van der Waals surface area (Å²) in [5.74, 6) is 0. The highest BCUT2D eigenvalue weighted by molar-refractivity contribution is 9.10. The van der Waals surface area contributed by atoms with Crippen LogP contribution in [0.3, 0.4) is 0 Å². The third-order valence-corrected chi connectivity index (χ3v) is 14.8. The number of hydrogen-bond donors (Lipinski definition) is 1. The highest BCUT2D eigenvalue weighted by atomic mass is 79.9. The van der Waals surface area contributed by atoms with Crippen LogP contribution in [0, 0.1) is 0 Å². The molecular formula is C36H44B2Br2Cl4N4O8S2. The second-order valence-corrected chi connectivity index (χ2v) is 22.5. The molecule has 6 rings (SSSR count). The minimum atomic E-state index is -4.50. The Morgan fingerprint density at radius 2 is 0.948 bits per heavy atom. The van der Waals surface area contributed by atoms with Crippen LogP contribution in [0.15, 0.2) is 104 Å². The molecule has 2 aliphatic rings. The number of alkyl halides is 2. The maximum absolute atomic E-state index is 13.3. The number of benzene rings is 2. The topological polar surface area (TPSA) is 160 Å². The van der Waals surface area contributed by atoms with E-state index in [-0.39, 0.29) is 47.9 Å². The van der Waals surface area contributed by atoms with Crippen LogP contribution in [0.5, 0.6) is 0 Å². The Morgan fingerprint density at radius 3 is 1.26 bits per heavy atom. The number of sulfonamides is 2. The molecule has 0 saturated carbocycles. The summed E-state index contributed by atoms with van der Waals surface area (Å²) < 4.78 is 78.4. The molecule has 2 aromatic carbocycles. The van der Waals surface area contributed by atoms with Crippen molar-refractivity contribution in [2.24, 2.45) is 0 Å². The third kappa shape index (κ3) is 12.7. The molecule has 0 unspecified atom stereocenters. The van der Waals surface area contributed by atoms with Crippen molar-refractivity contribution in [3.05, 3.63) is 104 Å². The molecule has 0 atom stereocenters. The average molecular weight is 1050 g/mol. The average Bonchev–Trinajstić information content (AvgIpc) is 3.48. The molecule has 58 heavy (non-hydrogen) atoms. The lowest BCUT2D eigenvalue weighted by Gasteiger charge is -2.32. The van der Waals surface area contributed by atoms with Crippen molar-refractivity contribution in [2.75, 3.05) is 9.44 Å².